The van der Waals surface area contributed by atoms with Gasteiger partial charge < -0.3 is 23.5 Å². The first-order valence-corrected chi connectivity index (χ1v) is 34.9. The van der Waals surface area contributed by atoms with Gasteiger partial charge in [0.1, 0.15) is 0 Å². The van der Waals surface area contributed by atoms with Gasteiger partial charge in [-0.2, -0.15) is 0 Å². The van der Waals surface area contributed by atoms with Crippen molar-refractivity contribution in [3.63, 3.8) is 0 Å². The largest absolute Gasteiger partial charge is 0.311 e. The molecule has 96 heavy (non-hydrogen) atoms. The molecule has 478 valence electrons. The Bertz CT molecular complexity index is 5290. The van der Waals surface area contributed by atoms with Crippen molar-refractivity contribution in [2.24, 2.45) is 0 Å². The maximum absolute atomic E-state index is 2.62. The Morgan fingerprint density at radius 3 is 0.927 bits per heavy atom. The van der Waals surface area contributed by atoms with Crippen LogP contribution in [-0.2, 0) is 32.5 Å². The summed E-state index contributed by atoms with van der Waals surface area (Å²) >= 11 is 0. The summed E-state index contributed by atoms with van der Waals surface area (Å²) in [6.07, 6.45) is 0. The second kappa shape index (κ2) is 21.0. The Labute approximate surface area is 568 Å². The number of rotatable bonds is 5. The third-order valence-corrected chi connectivity index (χ3v) is 21.4. The van der Waals surface area contributed by atoms with Crippen molar-refractivity contribution in [3.8, 4) is 17.1 Å². The quantitative estimate of drug-likeness (QED) is 0.160. The number of hydrogen-bond acceptors (Lipinski definition) is 2. The molecule has 11 aromatic carbocycles. The number of aromatic nitrogens is 3. The summed E-state index contributed by atoms with van der Waals surface area (Å²) in [7, 11) is 0. The topological polar surface area (TPSA) is 21.3 Å². The molecule has 0 N–H and O–H groups in total. The molecular formula is C90H90BN5. The van der Waals surface area contributed by atoms with Crippen LogP contribution in [0.4, 0.5) is 34.1 Å². The van der Waals surface area contributed by atoms with Crippen molar-refractivity contribution in [1.29, 1.82) is 0 Å². The maximum atomic E-state index is 2.62. The lowest BCUT2D eigenvalue weighted by Gasteiger charge is -2.45. The molecule has 16 rings (SSSR count). The predicted octanol–water partition coefficient (Wildman–Crippen LogP) is 22.8. The Morgan fingerprint density at radius 1 is 0.229 bits per heavy atom. The van der Waals surface area contributed by atoms with Gasteiger partial charge in [-0.05, 0) is 191 Å². The zero-order chi connectivity index (χ0) is 67.2. The van der Waals surface area contributed by atoms with Crippen LogP contribution < -0.4 is 26.2 Å². The first-order valence-electron chi connectivity index (χ1n) is 34.9. The van der Waals surface area contributed by atoms with Crippen molar-refractivity contribution >= 4 is 123 Å². The highest BCUT2D eigenvalue weighted by molar-refractivity contribution is 7.00. The highest BCUT2D eigenvalue weighted by Crippen LogP contribution is 2.50. The lowest BCUT2D eigenvalue weighted by atomic mass is 9.33. The zero-order valence-electron chi connectivity index (χ0n) is 59.6. The third kappa shape index (κ3) is 9.61. The highest BCUT2D eigenvalue weighted by atomic mass is 15.2. The van der Waals surface area contributed by atoms with E-state index in [9.17, 15) is 0 Å². The van der Waals surface area contributed by atoms with Gasteiger partial charge in [0.2, 0.25) is 0 Å². The highest BCUT2D eigenvalue weighted by Gasteiger charge is 2.45. The fourth-order valence-corrected chi connectivity index (χ4v) is 15.9. The summed E-state index contributed by atoms with van der Waals surface area (Å²) in [5.41, 5.74) is 29.2. The molecule has 2 aliphatic heterocycles. The van der Waals surface area contributed by atoms with Crippen LogP contribution in [0.2, 0.25) is 0 Å². The summed E-state index contributed by atoms with van der Waals surface area (Å²) < 4.78 is 7.66. The summed E-state index contributed by atoms with van der Waals surface area (Å²) in [6, 6.07) is 85.4. The molecule has 0 saturated heterocycles. The molecule has 0 spiro atoms. The second-order valence-electron chi connectivity index (χ2n) is 34.0. The van der Waals surface area contributed by atoms with E-state index in [2.05, 4.69) is 367 Å². The average molecular weight is 1250 g/mol. The number of anilines is 6. The van der Waals surface area contributed by atoms with Gasteiger partial charge in [-0.1, -0.05) is 234 Å². The van der Waals surface area contributed by atoms with Crippen LogP contribution >= 0.6 is 0 Å². The first-order chi connectivity index (χ1) is 45.4. The Kier molecular flexibility index (Phi) is 13.4. The average Bonchev–Trinajstić information content (AvgIpc) is 0.742. The van der Waals surface area contributed by atoms with Gasteiger partial charge in [-0.15, -0.1) is 0 Å². The van der Waals surface area contributed by atoms with Crippen LogP contribution in [0, 0.1) is 0 Å². The number of hydrogen-bond donors (Lipinski definition) is 0. The van der Waals surface area contributed by atoms with Crippen LogP contribution in [0.25, 0.3) is 82.5 Å². The fraction of sp³-hybridized carbons (Fsp3) is 0.267. The van der Waals surface area contributed by atoms with Crippen LogP contribution in [0.1, 0.15) is 158 Å². The van der Waals surface area contributed by atoms with Crippen LogP contribution in [-0.4, -0.2) is 20.4 Å². The van der Waals surface area contributed by atoms with E-state index in [-0.39, 0.29) is 39.2 Å². The Balaban J connectivity index is 0.995. The molecule has 6 heteroatoms. The van der Waals surface area contributed by atoms with E-state index in [1.54, 1.807) is 0 Å². The van der Waals surface area contributed by atoms with Gasteiger partial charge in [-0.3, -0.25) is 0 Å². The third-order valence-electron chi connectivity index (χ3n) is 21.4. The molecule has 0 fully saturated rings. The molecule has 0 aliphatic carbocycles. The minimum Gasteiger partial charge on any atom is -0.311 e. The van der Waals surface area contributed by atoms with E-state index in [1.807, 2.05) is 0 Å². The summed E-state index contributed by atoms with van der Waals surface area (Å²) in [5.74, 6) is 0. The number of para-hydroxylation sites is 2. The molecule has 0 saturated carbocycles. The molecule has 14 aromatic rings. The second-order valence-corrected chi connectivity index (χ2v) is 34.0. The first kappa shape index (κ1) is 61.4. The van der Waals surface area contributed by atoms with Gasteiger partial charge in [-0.25, -0.2) is 0 Å². The van der Waals surface area contributed by atoms with Crippen molar-refractivity contribution in [3.05, 3.63) is 252 Å². The van der Waals surface area contributed by atoms with Gasteiger partial charge in [0.15, 0.2) is 0 Å². The Hall–Kier alpha value is -9.52. The van der Waals surface area contributed by atoms with Crippen LogP contribution in [0.5, 0.6) is 0 Å². The van der Waals surface area contributed by atoms with Gasteiger partial charge in [0, 0.05) is 77.8 Å². The van der Waals surface area contributed by atoms with E-state index in [0.29, 0.717) is 0 Å². The van der Waals surface area contributed by atoms with E-state index in [0.717, 1.165) is 34.0 Å². The van der Waals surface area contributed by atoms with E-state index < -0.39 is 0 Å². The zero-order valence-corrected chi connectivity index (χ0v) is 59.6. The lowest BCUT2D eigenvalue weighted by molar-refractivity contribution is 0.590. The summed E-state index contributed by atoms with van der Waals surface area (Å²) in [5, 5.41) is 7.44. The van der Waals surface area contributed by atoms with Crippen LogP contribution in [0.3, 0.4) is 0 Å². The number of nitrogens with zero attached hydrogens (tertiary/aromatic N) is 5. The predicted molar refractivity (Wildman–Crippen MR) is 416 cm³/mol. The van der Waals surface area contributed by atoms with Crippen molar-refractivity contribution in [1.82, 2.24) is 13.7 Å². The maximum Gasteiger partial charge on any atom is 0.252 e. The molecule has 3 aromatic heterocycles. The molecule has 0 unspecified atom stereocenters. The Morgan fingerprint density at radius 2 is 0.542 bits per heavy atom. The smallest absolute Gasteiger partial charge is 0.252 e. The number of fused-ring (bicyclic) bond motifs is 14. The van der Waals surface area contributed by atoms with E-state index in [1.165, 1.54) is 132 Å². The lowest BCUT2D eigenvalue weighted by Crippen LogP contribution is -2.61. The molecule has 0 atom stereocenters. The monoisotopic (exact) mass is 1250 g/mol. The molecular weight excluding hydrogens is 1160 g/mol. The van der Waals surface area contributed by atoms with E-state index >= 15 is 0 Å². The van der Waals surface area contributed by atoms with Gasteiger partial charge in [0.25, 0.3) is 6.71 Å². The SMILES string of the molecule is CC(C)(C)c1ccc(N2c3ccc(C(C)(C)C)cc3B3c4cc(C(C)(C)C)ccc4N(c4ccc(C(C)(C)C)cc4)c4cc(-n5c6ccccc6c6ccc7c8ccccc8n(-c8ccc(-n9c%10ccc(C(C)(C)C)cc%10c%10cc(C(C)(C)C)ccc%109)cc8)c7c65)cc2c43)cc1. The molecule has 0 amide bonds. The standard InChI is InChI=1S/C90H90BN5/c1-85(2,3)55-27-35-61(36-28-55)93-78-47-33-59(89(13,14)15)51-72(78)91-73-52-60(90(16,17)18)34-48-79(73)94(62-37-29-56(30-38-62)86(4,5)6)81-54-65(53-80(93)82(81)91)96-75-26-22-20-24-67(75)69-44-43-68-66-23-19-21-25-74(66)95(83(68)84(69)96)64-41-39-63(40-42-64)92-76-45-31-57(87(7,8)9)49-70(76)71-50-58(88(10,11)12)32-46-77(71)92/h19-54H,1-18H3. The molecule has 0 bridgehead atoms. The molecule has 2 aliphatic rings. The molecule has 5 heterocycles. The van der Waals surface area contributed by atoms with Gasteiger partial charge in [0.05, 0.1) is 38.8 Å². The molecule has 0 radical (unpaired) electrons. The normalized spacial score (nSPS) is 13.9. The van der Waals surface area contributed by atoms with Crippen molar-refractivity contribution < 1.29 is 0 Å². The number of benzene rings is 11. The minimum absolute atomic E-state index is 0.00921. The summed E-state index contributed by atoms with van der Waals surface area (Å²) in [4.78, 5) is 5.22. The van der Waals surface area contributed by atoms with Crippen molar-refractivity contribution in [2.75, 3.05) is 9.80 Å². The fourth-order valence-electron chi connectivity index (χ4n) is 15.9. The van der Waals surface area contributed by atoms with E-state index in [4.69, 9.17) is 0 Å². The van der Waals surface area contributed by atoms with Gasteiger partial charge >= 0.3 is 0 Å². The van der Waals surface area contributed by atoms with Crippen molar-refractivity contribution in [2.45, 2.75) is 157 Å². The summed E-state index contributed by atoms with van der Waals surface area (Å²) in [6.45, 7) is 41.9. The molecule has 5 nitrogen and oxygen atoms in total. The minimum atomic E-state index is -0.0843. The van der Waals surface area contributed by atoms with Crippen LogP contribution in [0.15, 0.2) is 218 Å².